The number of hydrogen-bond donors (Lipinski definition) is 0. The van der Waals surface area contributed by atoms with Gasteiger partial charge < -0.3 is 21.4 Å². The van der Waals surface area contributed by atoms with Gasteiger partial charge in [-0.25, -0.2) is 14.1 Å². The van der Waals surface area contributed by atoms with E-state index in [2.05, 4.69) is 64.0 Å². The van der Waals surface area contributed by atoms with Crippen molar-refractivity contribution in [2.24, 2.45) is 0 Å². The van der Waals surface area contributed by atoms with Gasteiger partial charge in [0.05, 0.1) is 12.7 Å². The van der Waals surface area contributed by atoms with Gasteiger partial charge in [0.15, 0.2) is 5.76 Å². The van der Waals surface area contributed by atoms with Gasteiger partial charge in [-0.05, 0) is 30.5 Å². The smallest absolute Gasteiger partial charge is 0.244 e. The summed E-state index contributed by atoms with van der Waals surface area (Å²) in [5, 5.41) is 0. The molecule has 0 saturated heterocycles. The van der Waals surface area contributed by atoms with Crippen LogP contribution in [0.15, 0.2) is 83.9 Å². The maximum absolute atomic E-state index is 5.98. The molecule has 0 saturated carbocycles. The van der Waals surface area contributed by atoms with Gasteiger partial charge in [0.1, 0.15) is 18.9 Å². The Hall–Kier alpha value is -2.66. The SMILES string of the molecule is CCCCCCCCCCn1cc[n+](Cc2ccc(-c3ncc(-c4ccccc4)o3)cc2)c1.[Br-]. The normalized spacial score (nSPS) is 10.9. The Bertz CT molecular complexity index is 1090. The summed E-state index contributed by atoms with van der Waals surface area (Å²) in [4.78, 5) is 4.46. The van der Waals surface area contributed by atoms with Crippen molar-refractivity contribution in [3.05, 3.63) is 85.1 Å². The number of rotatable bonds is 13. The molecule has 0 unspecified atom stereocenters. The minimum atomic E-state index is 0. The second kappa shape index (κ2) is 13.9. The van der Waals surface area contributed by atoms with E-state index in [1.54, 1.807) is 6.20 Å². The average molecular weight is 523 g/mol. The maximum Gasteiger partial charge on any atom is 0.244 e. The minimum Gasteiger partial charge on any atom is -1.00 e. The predicted octanol–water partition coefficient (Wildman–Crippen LogP) is 4.29. The Morgan fingerprint density at radius 3 is 2.26 bits per heavy atom. The predicted molar refractivity (Wildman–Crippen MR) is 134 cm³/mol. The minimum absolute atomic E-state index is 0. The third-order valence-corrected chi connectivity index (χ3v) is 6.15. The number of unbranched alkanes of at least 4 members (excludes halogenated alkanes) is 7. The van der Waals surface area contributed by atoms with Crippen LogP contribution in [-0.2, 0) is 13.1 Å². The summed E-state index contributed by atoms with van der Waals surface area (Å²) in [5.41, 5.74) is 3.31. The first-order valence-corrected chi connectivity index (χ1v) is 12.5. The van der Waals surface area contributed by atoms with Crippen molar-refractivity contribution in [3.63, 3.8) is 0 Å². The fraction of sp³-hybridized carbons (Fsp3) is 0.379. The van der Waals surface area contributed by atoms with Crippen LogP contribution < -0.4 is 21.5 Å². The molecule has 34 heavy (non-hydrogen) atoms. The number of imidazole rings is 1. The van der Waals surface area contributed by atoms with E-state index in [0.717, 1.165) is 30.0 Å². The van der Waals surface area contributed by atoms with Gasteiger partial charge in [-0.1, -0.05) is 87.9 Å². The van der Waals surface area contributed by atoms with E-state index < -0.39 is 0 Å². The van der Waals surface area contributed by atoms with Crippen molar-refractivity contribution >= 4 is 0 Å². The van der Waals surface area contributed by atoms with E-state index in [1.807, 2.05) is 30.3 Å². The molecule has 0 aliphatic rings. The van der Waals surface area contributed by atoms with Crippen molar-refractivity contribution in [2.45, 2.75) is 71.4 Å². The first kappa shape index (κ1) is 26.0. The van der Waals surface area contributed by atoms with Gasteiger partial charge in [0.25, 0.3) is 0 Å². The zero-order chi connectivity index (χ0) is 22.7. The zero-order valence-electron chi connectivity index (χ0n) is 20.2. The van der Waals surface area contributed by atoms with E-state index in [9.17, 15) is 0 Å². The van der Waals surface area contributed by atoms with Crippen LogP contribution in [0.25, 0.3) is 22.8 Å². The highest BCUT2D eigenvalue weighted by Gasteiger charge is 2.09. The van der Waals surface area contributed by atoms with E-state index in [-0.39, 0.29) is 17.0 Å². The Balaban J connectivity index is 0.00000324. The lowest BCUT2D eigenvalue weighted by atomic mass is 10.1. The quantitative estimate of drug-likeness (QED) is 0.194. The molecule has 0 radical (unpaired) electrons. The van der Waals surface area contributed by atoms with Gasteiger partial charge in [-0.15, -0.1) is 0 Å². The number of oxazole rings is 1. The largest absolute Gasteiger partial charge is 1.00 e. The molecule has 0 bridgehead atoms. The van der Waals surface area contributed by atoms with Crippen LogP contribution >= 0.6 is 0 Å². The van der Waals surface area contributed by atoms with Gasteiger partial charge in [-0.2, -0.15) is 0 Å². The van der Waals surface area contributed by atoms with E-state index in [1.165, 1.54) is 56.9 Å². The highest BCUT2D eigenvalue weighted by atomic mass is 79.9. The van der Waals surface area contributed by atoms with E-state index in [4.69, 9.17) is 4.42 Å². The molecule has 0 fully saturated rings. The summed E-state index contributed by atoms with van der Waals surface area (Å²) in [6.07, 6.45) is 19.2. The molecule has 0 atom stereocenters. The lowest BCUT2D eigenvalue weighted by Gasteiger charge is -2.01. The van der Waals surface area contributed by atoms with Crippen molar-refractivity contribution in [1.29, 1.82) is 0 Å². The summed E-state index contributed by atoms with van der Waals surface area (Å²) < 4.78 is 10.5. The van der Waals surface area contributed by atoms with Crippen LogP contribution in [0.1, 0.15) is 63.9 Å². The number of halogens is 1. The van der Waals surface area contributed by atoms with Crippen molar-refractivity contribution < 1.29 is 26.0 Å². The van der Waals surface area contributed by atoms with Crippen molar-refractivity contribution in [2.75, 3.05) is 0 Å². The first-order chi connectivity index (χ1) is 16.3. The second-order valence-electron chi connectivity index (χ2n) is 8.89. The third-order valence-electron chi connectivity index (χ3n) is 6.15. The lowest BCUT2D eigenvalue weighted by molar-refractivity contribution is -0.687. The third kappa shape index (κ3) is 7.69. The van der Waals surface area contributed by atoms with Crippen LogP contribution in [-0.4, -0.2) is 9.55 Å². The zero-order valence-corrected chi connectivity index (χ0v) is 21.8. The molecule has 2 aromatic heterocycles. The molecule has 180 valence electrons. The molecule has 4 rings (SSSR count). The topological polar surface area (TPSA) is 34.8 Å². The first-order valence-electron chi connectivity index (χ1n) is 12.5. The Kier molecular flexibility index (Phi) is 10.6. The van der Waals surface area contributed by atoms with Crippen LogP contribution in [0, 0.1) is 0 Å². The molecular formula is C29H36BrN3O. The number of nitrogens with zero attached hydrogens (tertiary/aromatic N) is 3. The molecule has 0 spiro atoms. The Labute approximate surface area is 214 Å². The summed E-state index contributed by atoms with van der Waals surface area (Å²) in [5.74, 6) is 1.45. The van der Waals surface area contributed by atoms with Gasteiger partial charge >= 0.3 is 0 Å². The summed E-state index contributed by atoms with van der Waals surface area (Å²) in [6, 6.07) is 18.6. The molecule has 2 aromatic carbocycles. The molecule has 0 N–H and O–H groups in total. The van der Waals surface area contributed by atoms with E-state index in [0.29, 0.717) is 5.89 Å². The van der Waals surface area contributed by atoms with Crippen LogP contribution in [0.2, 0.25) is 0 Å². The standard InChI is InChI=1S/C29H36N3O.BrH/c1-2-3-4-5-6-7-8-12-19-31-20-21-32(24-31)23-25-15-17-27(18-16-25)29-30-22-28(33-29)26-13-10-9-11-14-26;/h9-11,13-18,20-22,24H,2-8,12,19,23H2,1H3;1H/q+1;/p-1. The van der Waals surface area contributed by atoms with Crippen LogP contribution in [0.5, 0.6) is 0 Å². The highest BCUT2D eigenvalue weighted by molar-refractivity contribution is 5.61. The molecule has 0 aliphatic carbocycles. The average Bonchev–Trinajstić information content (AvgIpc) is 3.52. The van der Waals surface area contributed by atoms with Gasteiger partial charge in [0, 0.05) is 11.1 Å². The maximum atomic E-state index is 5.98. The van der Waals surface area contributed by atoms with Crippen LogP contribution in [0.3, 0.4) is 0 Å². The van der Waals surface area contributed by atoms with E-state index >= 15 is 0 Å². The Morgan fingerprint density at radius 2 is 1.53 bits per heavy atom. The molecule has 4 aromatic rings. The van der Waals surface area contributed by atoms with Gasteiger partial charge in [-0.3, -0.25) is 0 Å². The monoisotopic (exact) mass is 521 g/mol. The molecule has 4 nitrogen and oxygen atoms in total. The summed E-state index contributed by atoms with van der Waals surface area (Å²) in [7, 11) is 0. The molecular weight excluding hydrogens is 486 g/mol. The Morgan fingerprint density at radius 1 is 0.824 bits per heavy atom. The van der Waals surface area contributed by atoms with Gasteiger partial charge in [0.2, 0.25) is 12.2 Å². The number of benzene rings is 2. The molecule has 0 aliphatic heterocycles. The summed E-state index contributed by atoms with van der Waals surface area (Å²) in [6.45, 7) is 4.25. The second-order valence-corrected chi connectivity index (χ2v) is 8.89. The van der Waals surface area contributed by atoms with Crippen molar-refractivity contribution in [1.82, 2.24) is 9.55 Å². The highest BCUT2D eigenvalue weighted by Crippen LogP contribution is 2.26. The van der Waals surface area contributed by atoms with Crippen molar-refractivity contribution in [3.8, 4) is 22.8 Å². The molecule has 2 heterocycles. The lowest BCUT2D eigenvalue weighted by Crippen LogP contribution is -3.00. The molecule has 0 amide bonds. The fourth-order valence-corrected chi connectivity index (χ4v) is 4.20. The number of aryl methyl sites for hydroxylation is 1. The number of aromatic nitrogens is 3. The van der Waals surface area contributed by atoms with Crippen LogP contribution in [0.4, 0.5) is 0 Å². The fourth-order valence-electron chi connectivity index (χ4n) is 4.20. The number of hydrogen-bond acceptors (Lipinski definition) is 2. The summed E-state index contributed by atoms with van der Waals surface area (Å²) >= 11 is 0. The molecule has 5 heteroatoms.